The van der Waals surface area contributed by atoms with Gasteiger partial charge in [0.15, 0.2) is 5.82 Å². The number of nitrogens with zero attached hydrogens (tertiary/aromatic N) is 4. The van der Waals surface area contributed by atoms with Crippen LogP contribution in [-0.4, -0.2) is 37.1 Å². The van der Waals surface area contributed by atoms with Gasteiger partial charge in [-0.3, -0.25) is 4.79 Å². The quantitative estimate of drug-likeness (QED) is 0.790. The molecule has 3 aromatic rings. The van der Waals surface area contributed by atoms with Crippen molar-refractivity contribution in [3.63, 3.8) is 0 Å². The minimum Gasteiger partial charge on any atom is -0.358 e. The number of carbonyl (C=O) groups excluding carboxylic acids is 1. The Bertz CT molecular complexity index is 997. The first kappa shape index (κ1) is 15.6. The van der Waals surface area contributed by atoms with Crippen LogP contribution in [0.3, 0.4) is 0 Å². The van der Waals surface area contributed by atoms with Crippen LogP contribution in [0, 0.1) is 6.92 Å². The molecule has 5 rings (SSSR count). The van der Waals surface area contributed by atoms with Crippen LogP contribution >= 0.6 is 0 Å². The van der Waals surface area contributed by atoms with Gasteiger partial charge < -0.3 is 14.5 Å². The molecule has 6 heteroatoms. The topological polar surface area (TPSA) is 66.8 Å². The zero-order valence-corrected chi connectivity index (χ0v) is 15.2. The maximum atomic E-state index is 13.0. The van der Waals surface area contributed by atoms with Gasteiger partial charge in [0.05, 0.1) is 19.0 Å². The Labute approximate surface area is 152 Å². The summed E-state index contributed by atoms with van der Waals surface area (Å²) in [6.45, 7) is 5.49. The summed E-state index contributed by atoms with van der Waals surface area (Å²) < 4.78 is 2.26. The Morgan fingerprint density at radius 3 is 2.88 bits per heavy atom. The molecule has 26 heavy (non-hydrogen) atoms. The standard InChI is InChI=1S/C20H23N5O/c1-12-10-24(11-18-22-23-20(25(12)18)14-7-8-14)19(26)9-16-13(2)21-17-6-4-3-5-15(16)17/h3-6,12,14,21H,7-11H2,1-2H3/t12-/m0/s1. The lowest BCUT2D eigenvalue weighted by Gasteiger charge is -2.32. The Morgan fingerprint density at radius 2 is 2.08 bits per heavy atom. The maximum absolute atomic E-state index is 13.0. The fourth-order valence-corrected chi connectivity index (χ4v) is 4.20. The molecule has 0 bridgehead atoms. The fourth-order valence-electron chi connectivity index (χ4n) is 4.20. The molecule has 0 spiro atoms. The Kier molecular flexibility index (Phi) is 3.42. The number of H-pyrrole nitrogens is 1. The molecule has 1 aromatic carbocycles. The molecule has 1 saturated carbocycles. The number of fused-ring (bicyclic) bond motifs is 2. The summed E-state index contributed by atoms with van der Waals surface area (Å²) in [5, 5.41) is 9.92. The molecule has 1 aliphatic carbocycles. The fraction of sp³-hybridized carbons (Fsp3) is 0.450. The number of hydrogen-bond acceptors (Lipinski definition) is 3. The van der Waals surface area contributed by atoms with Crippen molar-refractivity contribution in [2.24, 2.45) is 0 Å². The van der Waals surface area contributed by atoms with E-state index in [1.54, 1.807) is 0 Å². The number of carbonyl (C=O) groups is 1. The van der Waals surface area contributed by atoms with E-state index in [1.165, 1.54) is 12.8 Å². The van der Waals surface area contributed by atoms with E-state index in [9.17, 15) is 4.79 Å². The molecule has 1 amide bonds. The molecule has 0 saturated heterocycles. The number of aromatic nitrogens is 4. The van der Waals surface area contributed by atoms with Crippen molar-refractivity contribution in [2.45, 2.75) is 51.6 Å². The first-order valence-electron chi connectivity index (χ1n) is 9.39. The molecule has 1 atom stereocenters. The third kappa shape index (κ3) is 2.43. The van der Waals surface area contributed by atoms with Crippen molar-refractivity contribution in [1.82, 2.24) is 24.6 Å². The molecule has 2 aromatic heterocycles. The molecular weight excluding hydrogens is 326 g/mol. The summed E-state index contributed by atoms with van der Waals surface area (Å²) in [5.41, 5.74) is 3.27. The second kappa shape index (κ2) is 5.69. The van der Waals surface area contributed by atoms with Gasteiger partial charge in [0.25, 0.3) is 0 Å². The van der Waals surface area contributed by atoms with Crippen LogP contribution in [0.1, 0.15) is 54.6 Å². The average Bonchev–Trinajstić information content (AvgIpc) is 3.31. The van der Waals surface area contributed by atoms with E-state index in [1.807, 2.05) is 24.0 Å². The predicted octanol–water partition coefficient (Wildman–Crippen LogP) is 3.09. The SMILES string of the molecule is Cc1[nH]c2ccccc2c1CC(=O)N1Cc2nnc(C3CC3)n2[C@@H](C)C1. The van der Waals surface area contributed by atoms with Gasteiger partial charge in [-0.05, 0) is 38.3 Å². The molecular formula is C20H23N5O. The highest BCUT2D eigenvalue weighted by atomic mass is 16.2. The highest BCUT2D eigenvalue weighted by molar-refractivity contribution is 5.90. The first-order valence-corrected chi connectivity index (χ1v) is 9.39. The average molecular weight is 349 g/mol. The van der Waals surface area contributed by atoms with Crippen molar-refractivity contribution in [1.29, 1.82) is 0 Å². The van der Waals surface area contributed by atoms with E-state index in [0.29, 0.717) is 18.9 Å². The minimum atomic E-state index is 0.159. The summed E-state index contributed by atoms with van der Waals surface area (Å²) in [6, 6.07) is 8.41. The van der Waals surface area contributed by atoms with Gasteiger partial charge in [0, 0.05) is 29.1 Å². The van der Waals surface area contributed by atoms with Crippen LogP contribution in [0.15, 0.2) is 24.3 Å². The summed E-state index contributed by atoms with van der Waals surface area (Å²) in [6.07, 6.45) is 2.85. The Hall–Kier alpha value is -2.63. The molecule has 134 valence electrons. The lowest BCUT2D eigenvalue weighted by atomic mass is 10.1. The normalized spacial score (nSPS) is 19.8. The number of aryl methyl sites for hydroxylation is 1. The van der Waals surface area contributed by atoms with Crippen molar-refractivity contribution in [3.8, 4) is 0 Å². The van der Waals surface area contributed by atoms with E-state index in [2.05, 4.69) is 38.8 Å². The van der Waals surface area contributed by atoms with Crippen LogP contribution < -0.4 is 0 Å². The van der Waals surface area contributed by atoms with Gasteiger partial charge in [0.2, 0.25) is 5.91 Å². The summed E-state index contributed by atoms with van der Waals surface area (Å²) in [7, 11) is 0. The molecule has 1 fully saturated rings. The lowest BCUT2D eigenvalue weighted by molar-refractivity contribution is -0.132. The highest BCUT2D eigenvalue weighted by Gasteiger charge is 2.35. The van der Waals surface area contributed by atoms with Gasteiger partial charge in [-0.2, -0.15) is 0 Å². The number of nitrogens with one attached hydrogen (secondary N) is 1. The molecule has 3 heterocycles. The maximum Gasteiger partial charge on any atom is 0.227 e. The van der Waals surface area contributed by atoms with E-state index >= 15 is 0 Å². The molecule has 1 aliphatic heterocycles. The van der Waals surface area contributed by atoms with E-state index in [0.717, 1.165) is 40.4 Å². The van der Waals surface area contributed by atoms with E-state index in [-0.39, 0.29) is 11.9 Å². The summed E-state index contributed by atoms with van der Waals surface area (Å²) >= 11 is 0. The Balaban J connectivity index is 1.40. The monoisotopic (exact) mass is 349 g/mol. The largest absolute Gasteiger partial charge is 0.358 e. The van der Waals surface area contributed by atoms with Crippen molar-refractivity contribution < 1.29 is 4.79 Å². The second-order valence-corrected chi connectivity index (χ2v) is 7.69. The highest BCUT2D eigenvalue weighted by Crippen LogP contribution is 2.41. The first-order chi connectivity index (χ1) is 12.6. The zero-order valence-electron chi connectivity index (χ0n) is 15.2. The second-order valence-electron chi connectivity index (χ2n) is 7.69. The smallest absolute Gasteiger partial charge is 0.227 e. The van der Waals surface area contributed by atoms with E-state index < -0.39 is 0 Å². The third-order valence-electron chi connectivity index (χ3n) is 5.70. The van der Waals surface area contributed by atoms with Gasteiger partial charge in [-0.1, -0.05) is 18.2 Å². The number of aromatic amines is 1. The van der Waals surface area contributed by atoms with E-state index in [4.69, 9.17) is 0 Å². The van der Waals surface area contributed by atoms with Crippen LogP contribution in [0.5, 0.6) is 0 Å². The van der Waals surface area contributed by atoms with Gasteiger partial charge in [-0.25, -0.2) is 0 Å². The number of benzene rings is 1. The van der Waals surface area contributed by atoms with Gasteiger partial charge >= 0.3 is 0 Å². The summed E-state index contributed by atoms with van der Waals surface area (Å²) in [4.78, 5) is 18.3. The van der Waals surface area contributed by atoms with Crippen LogP contribution in [0.25, 0.3) is 10.9 Å². The van der Waals surface area contributed by atoms with Crippen LogP contribution in [-0.2, 0) is 17.8 Å². The van der Waals surface area contributed by atoms with Crippen molar-refractivity contribution in [2.75, 3.05) is 6.54 Å². The number of amides is 1. The van der Waals surface area contributed by atoms with Gasteiger partial charge in [-0.15, -0.1) is 10.2 Å². The van der Waals surface area contributed by atoms with Crippen LogP contribution in [0.2, 0.25) is 0 Å². The molecule has 2 aliphatic rings. The van der Waals surface area contributed by atoms with Gasteiger partial charge in [0.1, 0.15) is 5.82 Å². The minimum absolute atomic E-state index is 0.159. The Morgan fingerprint density at radius 1 is 1.27 bits per heavy atom. The molecule has 1 N–H and O–H groups in total. The van der Waals surface area contributed by atoms with Crippen LogP contribution in [0.4, 0.5) is 0 Å². The van der Waals surface area contributed by atoms with Crippen molar-refractivity contribution >= 4 is 16.8 Å². The summed E-state index contributed by atoms with van der Waals surface area (Å²) in [5.74, 6) is 2.78. The molecule has 0 radical (unpaired) electrons. The molecule has 0 unspecified atom stereocenters. The van der Waals surface area contributed by atoms with Crippen molar-refractivity contribution in [3.05, 3.63) is 47.2 Å². The predicted molar refractivity (Wildman–Crippen MR) is 98.9 cm³/mol. The molecule has 6 nitrogen and oxygen atoms in total. The zero-order chi connectivity index (χ0) is 17.8. The number of rotatable bonds is 3. The third-order valence-corrected chi connectivity index (χ3v) is 5.70. The lowest BCUT2D eigenvalue weighted by Crippen LogP contribution is -2.41. The number of hydrogen-bond donors (Lipinski definition) is 1. The number of para-hydroxylation sites is 1.